The lowest BCUT2D eigenvalue weighted by Gasteiger charge is -2.23. The van der Waals surface area contributed by atoms with Crippen molar-refractivity contribution in [3.63, 3.8) is 0 Å². The van der Waals surface area contributed by atoms with Crippen LogP contribution in [0, 0.1) is 36.5 Å². The van der Waals surface area contributed by atoms with Crippen LogP contribution in [0.1, 0.15) is 81.7 Å². The Hall–Kier alpha value is -1.56. The zero-order valence-electron chi connectivity index (χ0n) is 16.0. The van der Waals surface area contributed by atoms with E-state index in [4.69, 9.17) is 9.72 Å². The second-order valence-corrected chi connectivity index (χ2v) is 8.48. The van der Waals surface area contributed by atoms with Crippen LogP contribution in [0.15, 0.2) is 0 Å². The van der Waals surface area contributed by atoms with Crippen molar-refractivity contribution in [2.45, 2.75) is 79.6 Å². The number of aryl methyl sites for hydroxylation is 1. The van der Waals surface area contributed by atoms with Crippen LogP contribution in [-0.4, -0.2) is 11.6 Å². The molecule has 0 saturated heterocycles. The van der Waals surface area contributed by atoms with Crippen molar-refractivity contribution in [1.29, 1.82) is 5.26 Å². The second kappa shape index (κ2) is 8.01. The molecule has 0 spiro atoms. The van der Waals surface area contributed by atoms with Crippen LogP contribution in [0.4, 0.5) is 0 Å². The van der Waals surface area contributed by atoms with Crippen LogP contribution in [0.3, 0.4) is 0 Å². The average molecular weight is 329 g/mol. The van der Waals surface area contributed by atoms with E-state index < -0.39 is 0 Å². The van der Waals surface area contributed by atoms with Gasteiger partial charge in [0.1, 0.15) is 6.07 Å². The zero-order valence-corrected chi connectivity index (χ0v) is 16.0. The predicted octanol–water partition coefficient (Wildman–Crippen LogP) is 5.51. The molecule has 2 rings (SSSR count). The van der Waals surface area contributed by atoms with Gasteiger partial charge in [-0.05, 0) is 56.4 Å². The van der Waals surface area contributed by atoms with Gasteiger partial charge in [0.15, 0.2) is 0 Å². The summed E-state index contributed by atoms with van der Waals surface area (Å²) in [6, 6.07) is 2.36. The van der Waals surface area contributed by atoms with Crippen molar-refractivity contribution in [2.75, 3.05) is 6.61 Å². The third-order valence-electron chi connectivity index (χ3n) is 5.19. The minimum absolute atomic E-state index is 0.232. The van der Waals surface area contributed by atoms with Gasteiger partial charge in [-0.1, -0.05) is 40.0 Å². The Balaban J connectivity index is 2.17. The van der Waals surface area contributed by atoms with Crippen LogP contribution in [0.25, 0.3) is 0 Å². The highest BCUT2D eigenvalue weighted by Gasteiger charge is 2.20. The highest BCUT2D eigenvalue weighted by molar-refractivity contribution is 5.48. The molecule has 132 valence electrons. The lowest BCUT2D eigenvalue weighted by molar-refractivity contribution is 0.201. The summed E-state index contributed by atoms with van der Waals surface area (Å²) >= 11 is 0. The summed E-state index contributed by atoms with van der Waals surface area (Å²) in [5.74, 6) is 1.40. The molecule has 1 saturated carbocycles. The quantitative estimate of drug-likeness (QED) is 0.716. The van der Waals surface area contributed by atoms with E-state index in [0.717, 1.165) is 47.7 Å². The first-order valence-electron chi connectivity index (χ1n) is 9.35. The van der Waals surface area contributed by atoms with Crippen LogP contribution in [-0.2, 0) is 6.42 Å². The van der Waals surface area contributed by atoms with E-state index in [-0.39, 0.29) is 5.41 Å². The maximum Gasteiger partial charge on any atom is 0.216 e. The number of hydrogen-bond acceptors (Lipinski definition) is 3. The highest BCUT2D eigenvalue weighted by atomic mass is 16.5. The second-order valence-electron chi connectivity index (χ2n) is 8.48. The molecule has 1 aromatic rings. The van der Waals surface area contributed by atoms with Crippen LogP contribution < -0.4 is 4.74 Å². The Morgan fingerprint density at radius 1 is 1.12 bits per heavy atom. The SMILES string of the molecule is Cc1c(OCC2CCCCC2)nc(CCC(C)(C)C)c(C#N)c1C. The lowest BCUT2D eigenvalue weighted by atomic mass is 9.88. The van der Waals surface area contributed by atoms with Gasteiger partial charge in [0, 0.05) is 5.56 Å². The smallest absolute Gasteiger partial charge is 0.216 e. The fourth-order valence-electron chi connectivity index (χ4n) is 3.34. The number of nitriles is 1. The number of aromatic nitrogens is 1. The third-order valence-corrected chi connectivity index (χ3v) is 5.19. The maximum atomic E-state index is 9.55. The largest absolute Gasteiger partial charge is 0.477 e. The Labute approximate surface area is 147 Å². The van der Waals surface area contributed by atoms with E-state index in [1.807, 2.05) is 13.8 Å². The molecular formula is C21H32N2O. The molecule has 1 heterocycles. The summed E-state index contributed by atoms with van der Waals surface area (Å²) in [6.45, 7) is 11.5. The van der Waals surface area contributed by atoms with Crippen LogP contribution in [0.5, 0.6) is 5.88 Å². The minimum atomic E-state index is 0.232. The molecule has 0 radical (unpaired) electrons. The molecule has 3 nitrogen and oxygen atoms in total. The Bertz CT molecular complexity index is 602. The van der Waals surface area contributed by atoms with Crippen molar-refractivity contribution in [2.24, 2.45) is 11.3 Å². The van der Waals surface area contributed by atoms with Crippen molar-refractivity contribution in [3.05, 3.63) is 22.4 Å². The molecule has 0 aromatic carbocycles. The molecule has 0 amide bonds. The van der Waals surface area contributed by atoms with E-state index >= 15 is 0 Å². The lowest BCUT2D eigenvalue weighted by Crippen LogP contribution is -2.17. The summed E-state index contributed by atoms with van der Waals surface area (Å²) in [5.41, 5.74) is 3.91. The average Bonchev–Trinajstić information content (AvgIpc) is 2.55. The summed E-state index contributed by atoms with van der Waals surface area (Å²) in [4.78, 5) is 4.75. The van der Waals surface area contributed by atoms with Gasteiger partial charge in [-0.25, -0.2) is 4.98 Å². The third kappa shape index (κ3) is 4.97. The molecule has 1 aliphatic rings. The summed E-state index contributed by atoms with van der Waals surface area (Å²) in [6.07, 6.45) is 8.39. The first-order valence-corrected chi connectivity index (χ1v) is 9.35. The summed E-state index contributed by atoms with van der Waals surface area (Å²) in [7, 11) is 0. The maximum absolute atomic E-state index is 9.55. The van der Waals surface area contributed by atoms with Crippen molar-refractivity contribution < 1.29 is 4.74 Å². The normalized spacial score (nSPS) is 16.0. The van der Waals surface area contributed by atoms with Gasteiger partial charge in [-0.2, -0.15) is 5.26 Å². The fraction of sp³-hybridized carbons (Fsp3) is 0.714. The molecule has 1 fully saturated rings. The number of ether oxygens (including phenoxy) is 1. The monoisotopic (exact) mass is 328 g/mol. The van der Waals surface area contributed by atoms with Crippen LogP contribution in [0.2, 0.25) is 0 Å². The molecule has 0 atom stereocenters. The van der Waals surface area contributed by atoms with Crippen molar-refractivity contribution >= 4 is 0 Å². The van der Waals surface area contributed by atoms with Gasteiger partial charge in [0.2, 0.25) is 5.88 Å². The Morgan fingerprint density at radius 2 is 1.79 bits per heavy atom. The standard InChI is InChI=1S/C21H32N2O/c1-15-16(2)20(24-14-17-9-7-6-8-10-17)23-19(18(15)13-22)11-12-21(3,4)5/h17H,6-12,14H2,1-5H3. The van der Waals surface area contributed by atoms with E-state index in [9.17, 15) is 5.26 Å². The van der Waals surface area contributed by atoms with E-state index in [1.54, 1.807) is 0 Å². The van der Waals surface area contributed by atoms with Gasteiger partial charge < -0.3 is 4.74 Å². The molecular weight excluding hydrogens is 296 g/mol. The van der Waals surface area contributed by atoms with Crippen molar-refractivity contribution in [3.8, 4) is 11.9 Å². The first kappa shape index (κ1) is 18.8. The van der Waals surface area contributed by atoms with Gasteiger partial charge in [-0.3, -0.25) is 0 Å². The highest BCUT2D eigenvalue weighted by Crippen LogP contribution is 2.29. The fourth-order valence-corrected chi connectivity index (χ4v) is 3.34. The first-order chi connectivity index (χ1) is 11.3. The van der Waals surface area contributed by atoms with E-state index in [1.165, 1.54) is 32.1 Å². The summed E-state index contributed by atoms with van der Waals surface area (Å²) in [5, 5.41) is 9.55. The van der Waals surface area contributed by atoms with E-state index in [2.05, 4.69) is 26.8 Å². The minimum Gasteiger partial charge on any atom is -0.477 e. The Morgan fingerprint density at radius 3 is 2.38 bits per heavy atom. The molecule has 1 aromatic heterocycles. The Kier molecular flexibility index (Phi) is 6.27. The van der Waals surface area contributed by atoms with Gasteiger partial charge in [0.25, 0.3) is 0 Å². The molecule has 0 unspecified atom stereocenters. The van der Waals surface area contributed by atoms with Gasteiger partial charge in [-0.15, -0.1) is 0 Å². The van der Waals surface area contributed by atoms with Gasteiger partial charge >= 0.3 is 0 Å². The predicted molar refractivity (Wildman–Crippen MR) is 98.3 cm³/mol. The summed E-state index contributed by atoms with van der Waals surface area (Å²) < 4.78 is 6.11. The topological polar surface area (TPSA) is 45.9 Å². The zero-order chi connectivity index (χ0) is 17.7. The molecule has 24 heavy (non-hydrogen) atoms. The molecule has 0 N–H and O–H groups in total. The number of pyridine rings is 1. The van der Waals surface area contributed by atoms with E-state index in [0.29, 0.717) is 5.92 Å². The molecule has 3 heteroatoms. The van der Waals surface area contributed by atoms with Gasteiger partial charge in [0.05, 0.1) is 17.9 Å². The molecule has 1 aliphatic carbocycles. The number of rotatable bonds is 5. The van der Waals surface area contributed by atoms with Crippen molar-refractivity contribution in [1.82, 2.24) is 4.98 Å². The molecule has 0 bridgehead atoms. The number of nitrogens with zero attached hydrogens (tertiary/aromatic N) is 2. The van der Waals surface area contributed by atoms with Crippen LogP contribution >= 0.6 is 0 Å². The number of hydrogen-bond donors (Lipinski definition) is 0. The molecule has 0 aliphatic heterocycles.